The van der Waals surface area contributed by atoms with E-state index in [4.69, 9.17) is 15.2 Å². The van der Waals surface area contributed by atoms with Gasteiger partial charge in [0.15, 0.2) is 6.29 Å². The van der Waals surface area contributed by atoms with Crippen molar-refractivity contribution >= 4 is 11.3 Å². The lowest BCUT2D eigenvalue weighted by atomic mass is 10.1. The van der Waals surface area contributed by atoms with Crippen LogP contribution in [0.1, 0.15) is 41.0 Å². The van der Waals surface area contributed by atoms with Crippen LogP contribution in [-0.4, -0.2) is 17.9 Å². The summed E-state index contributed by atoms with van der Waals surface area (Å²) in [4.78, 5) is 5.41. The summed E-state index contributed by atoms with van der Waals surface area (Å²) >= 11 is 1.35. The predicted octanol–water partition coefficient (Wildman–Crippen LogP) is 4.64. The molecule has 4 nitrogen and oxygen atoms in total. The first kappa shape index (κ1) is 19.3. The molecule has 1 aromatic carbocycles. The summed E-state index contributed by atoms with van der Waals surface area (Å²) in [5.74, 6) is 0. The fraction of sp³-hybridized carbons (Fsp3) is 0.500. The van der Waals surface area contributed by atoms with Gasteiger partial charge < -0.3 is 15.2 Å². The van der Waals surface area contributed by atoms with Crippen molar-refractivity contribution in [2.24, 2.45) is 5.73 Å². The molecule has 8 heteroatoms. The molecule has 0 amide bonds. The van der Waals surface area contributed by atoms with E-state index >= 15 is 0 Å². The minimum absolute atomic E-state index is 0.0380. The van der Waals surface area contributed by atoms with Gasteiger partial charge in [-0.05, 0) is 49.9 Å². The monoisotopic (exact) mass is 386 g/mol. The summed E-state index contributed by atoms with van der Waals surface area (Å²) < 4.78 is 50.6. The first-order valence-electron chi connectivity index (χ1n) is 8.48. The first-order valence-corrected chi connectivity index (χ1v) is 9.29. The molecule has 3 rings (SSSR count). The normalized spacial score (nSPS) is 18.3. The molecule has 1 unspecified atom stereocenters. The number of benzene rings is 1. The first-order chi connectivity index (χ1) is 12.4. The number of halogens is 3. The summed E-state index contributed by atoms with van der Waals surface area (Å²) in [6.45, 7) is 2.91. The molecule has 0 radical (unpaired) electrons. The van der Waals surface area contributed by atoms with Gasteiger partial charge in [-0.25, -0.2) is 4.98 Å². The molecule has 1 aliphatic heterocycles. The third-order valence-electron chi connectivity index (χ3n) is 4.24. The van der Waals surface area contributed by atoms with Gasteiger partial charge in [-0.2, -0.15) is 13.2 Å². The average Bonchev–Trinajstić information content (AvgIpc) is 3.00. The molecule has 2 heterocycles. The third-order valence-corrected chi connectivity index (χ3v) is 5.30. The molecule has 2 aromatic rings. The molecule has 1 aliphatic rings. The van der Waals surface area contributed by atoms with Gasteiger partial charge in [0.2, 0.25) is 0 Å². The van der Waals surface area contributed by atoms with Crippen molar-refractivity contribution in [1.29, 1.82) is 0 Å². The number of alkyl halides is 3. The van der Waals surface area contributed by atoms with Gasteiger partial charge >= 0.3 is 6.18 Å². The molecule has 0 spiro atoms. The van der Waals surface area contributed by atoms with Crippen molar-refractivity contribution in [3.05, 3.63) is 39.9 Å². The topological polar surface area (TPSA) is 57.4 Å². The highest BCUT2D eigenvalue weighted by molar-refractivity contribution is 7.15. The smallest absolute Gasteiger partial charge is 0.353 e. The van der Waals surface area contributed by atoms with Crippen molar-refractivity contribution in [1.82, 2.24) is 4.98 Å². The number of nitrogens with two attached hydrogens (primary N) is 1. The number of ether oxygens (including phenoxy) is 2. The van der Waals surface area contributed by atoms with Crippen LogP contribution in [0.25, 0.3) is 10.6 Å². The van der Waals surface area contributed by atoms with Gasteiger partial charge in [-0.1, -0.05) is 0 Å². The van der Waals surface area contributed by atoms with E-state index in [-0.39, 0.29) is 19.4 Å². The maximum absolute atomic E-state index is 13.1. The van der Waals surface area contributed by atoms with Crippen molar-refractivity contribution in [2.45, 2.75) is 51.8 Å². The Kier molecular flexibility index (Phi) is 5.96. The van der Waals surface area contributed by atoms with Crippen LogP contribution in [0.4, 0.5) is 13.2 Å². The molecule has 26 heavy (non-hydrogen) atoms. The van der Waals surface area contributed by atoms with E-state index in [1.54, 1.807) is 6.07 Å². The fourth-order valence-corrected chi connectivity index (χ4v) is 3.70. The highest BCUT2D eigenvalue weighted by atomic mass is 32.1. The van der Waals surface area contributed by atoms with Crippen LogP contribution in [-0.2, 0) is 28.8 Å². The predicted molar refractivity (Wildman–Crippen MR) is 93.6 cm³/mol. The maximum atomic E-state index is 13.1. The number of aromatic nitrogens is 1. The lowest BCUT2D eigenvalue weighted by molar-refractivity contribution is -0.169. The lowest BCUT2D eigenvalue weighted by Crippen LogP contribution is -2.22. The molecule has 1 fully saturated rings. The van der Waals surface area contributed by atoms with E-state index in [0.717, 1.165) is 42.0 Å². The van der Waals surface area contributed by atoms with E-state index in [9.17, 15) is 13.2 Å². The Bertz CT molecular complexity index is 755. The van der Waals surface area contributed by atoms with Gasteiger partial charge in [0.05, 0.1) is 17.9 Å². The highest BCUT2D eigenvalue weighted by Gasteiger charge is 2.31. The quantitative estimate of drug-likeness (QED) is 0.813. The number of hydrogen-bond donors (Lipinski definition) is 1. The SMILES string of the molecule is Cc1sc(-c2cc(CN)cc(C(F)(F)F)c2)nc1COC1CCCCO1. The molecule has 0 aliphatic carbocycles. The number of hydrogen-bond acceptors (Lipinski definition) is 5. The number of aryl methyl sites for hydroxylation is 1. The van der Waals surface area contributed by atoms with E-state index in [0.29, 0.717) is 22.7 Å². The summed E-state index contributed by atoms with van der Waals surface area (Å²) in [6, 6.07) is 3.85. The standard InChI is InChI=1S/C18H21F3N2O2S/c1-11-15(10-25-16-4-2-3-5-24-16)23-17(26-11)13-6-12(9-22)7-14(8-13)18(19,20)21/h6-8,16H,2-5,9-10,22H2,1H3. The van der Waals surface area contributed by atoms with Gasteiger partial charge in [0.25, 0.3) is 0 Å². The Morgan fingerprint density at radius 2 is 2.12 bits per heavy atom. The molecule has 0 saturated carbocycles. The van der Waals surface area contributed by atoms with Crippen LogP contribution < -0.4 is 5.73 Å². The largest absolute Gasteiger partial charge is 0.416 e. The summed E-state index contributed by atoms with van der Waals surface area (Å²) in [6.07, 6.45) is -1.69. The minimum atomic E-state index is -4.42. The Hall–Kier alpha value is -1.48. The summed E-state index contributed by atoms with van der Waals surface area (Å²) in [5, 5.41) is 0.534. The van der Waals surface area contributed by atoms with Crippen LogP contribution in [0, 0.1) is 6.92 Å². The number of thiazole rings is 1. The zero-order valence-electron chi connectivity index (χ0n) is 14.4. The average molecular weight is 386 g/mol. The number of rotatable bonds is 5. The highest BCUT2D eigenvalue weighted by Crippen LogP contribution is 2.35. The zero-order chi connectivity index (χ0) is 18.7. The van der Waals surface area contributed by atoms with Crippen molar-refractivity contribution < 1.29 is 22.6 Å². The second-order valence-corrected chi connectivity index (χ2v) is 7.45. The molecule has 1 saturated heterocycles. The van der Waals surface area contributed by atoms with E-state index in [1.807, 2.05) is 6.92 Å². The zero-order valence-corrected chi connectivity index (χ0v) is 15.3. The van der Waals surface area contributed by atoms with Crippen molar-refractivity contribution in [3.63, 3.8) is 0 Å². The maximum Gasteiger partial charge on any atom is 0.416 e. The Balaban J connectivity index is 1.81. The van der Waals surface area contributed by atoms with Crippen LogP contribution in [0.2, 0.25) is 0 Å². The van der Waals surface area contributed by atoms with Crippen LogP contribution in [0.3, 0.4) is 0 Å². The Labute approximate surface area is 154 Å². The molecular weight excluding hydrogens is 365 g/mol. The number of nitrogens with zero attached hydrogens (tertiary/aromatic N) is 1. The van der Waals surface area contributed by atoms with Crippen LogP contribution >= 0.6 is 11.3 Å². The van der Waals surface area contributed by atoms with E-state index < -0.39 is 11.7 Å². The minimum Gasteiger partial charge on any atom is -0.353 e. The Morgan fingerprint density at radius 3 is 2.77 bits per heavy atom. The molecule has 1 atom stereocenters. The van der Waals surface area contributed by atoms with E-state index in [1.165, 1.54) is 11.3 Å². The van der Waals surface area contributed by atoms with Crippen molar-refractivity contribution in [2.75, 3.05) is 6.61 Å². The summed E-state index contributed by atoms with van der Waals surface area (Å²) in [5.41, 5.74) is 6.42. The van der Waals surface area contributed by atoms with Gasteiger partial charge in [-0.3, -0.25) is 0 Å². The molecule has 1 aromatic heterocycles. The second-order valence-electron chi connectivity index (χ2n) is 6.25. The van der Waals surface area contributed by atoms with Crippen molar-refractivity contribution in [3.8, 4) is 10.6 Å². The van der Waals surface area contributed by atoms with Gasteiger partial charge in [0, 0.05) is 23.6 Å². The molecular formula is C18H21F3N2O2S. The van der Waals surface area contributed by atoms with Gasteiger partial charge in [-0.15, -0.1) is 11.3 Å². The Morgan fingerprint density at radius 1 is 1.31 bits per heavy atom. The summed E-state index contributed by atoms with van der Waals surface area (Å²) in [7, 11) is 0. The second kappa shape index (κ2) is 8.04. The lowest BCUT2D eigenvalue weighted by Gasteiger charge is -2.22. The molecule has 142 valence electrons. The fourth-order valence-electron chi connectivity index (χ4n) is 2.80. The van der Waals surface area contributed by atoms with Crippen LogP contribution in [0.5, 0.6) is 0 Å². The van der Waals surface area contributed by atoms with E-state index in [2.05, 4.69) is 4.98 Å². The van der Waals surface area contributed by atoms with Crippen LogP contribution in [0.15, 0.2) is 18.2 Å². The van der Waals surface area contributed by atoms with Gasteiger partial charge in [0.1, 0.15) is 5.01 Å². The third kappa shape index (κ3) is 4.62. The molecule has 2 N–H and O–H groups in total. The molecule has 0 bridgehead atoms.